The molecule has 6 nitrogen and oxygen atoms in total. The summed E-state index contributed by atoms with van der Waals surface area (Å²) in [5, 5.41) is 3.20. The first-order chi connectivity index (χ1) is 17.7. The summed E-state index contributed by atoms with van der Waals surface area (Å²) in [4.78, 5) is 26.8. The Kier molecular flexibility index (Phi) is 8.49. The summed E-state index contributed by atoms with van der Waals surface area (Å²) in [6.07, 6.45) is 1.38. The third-order valence-electron chi connectivity index (χ3n) is 5.22. The van der Waals surface area contributed by atoms with Gasteiger partial charge >= 0.3 is 0 Å². The normalized spacial score (nSPS) is 14.7. The number of halogens is 4. The Morgan fingerprint density at radius 2 is 1.86 bits per heavy atom. The van der Waals surface area contributed by atoms with E-state index in [4.69, 9.17) is 44.9 Å². The minimum atomic E-state index is -0.759. The van der Waals surface area contributed by atoms with Crippen molar-refractivity contribution in [2.75, 3.05) is 11.5 Å². The quantitative estimate of drug-likeness (QED) is 0.180. The van der Waals surface area contributed by atoms with Crippen LogP contribution in [0.5, 0.6) is 11.5 Å². The number of carbonyl (C=O) groups excluding carboxylic acids is 2. The van der Waals surface area contributed by atoms with Gasteiger partial charge in [0.05, 0.1) is 16.8 Å². The summed E-state index contributed by atoms with van der Waals surface area (Å²) in [7, 11) is 0. The lowest BCUT2D eigenvalue weighted by Crippen LogP contribution is -2.54. The first-order valence-electron chi connectivity index (χ1n) is 10.9. The molecule has 4 rings (SSSR count). The Bertz CT molecular complexity index is 1450. The van der Waals surface area contributed by atoms with Crippen LogP contribution in [0.2, 0.25) is 10.0 Å². The van der Waals surface area contributed by atoms with Crippen molar-refractivity contribution in [2.45, 2.75) is 13.5 Å². The van der Waals surface area contributed by atoms with Gasteiger partial charge in [0, 0.05) is 15.6 Å². The van der Waals surface area contributed by atoms with Crippen molar-refractivity contribution in [3.05, 3.63) is 91.6 Å². The van der Waals surface area contributed by atoms with Crippen molar-refractivity contribution >= 4 is 80.0 Å². The van der Waals surface area contributed by atoms with Crippen LogP contribution in [0, 0.1) is 5.82 Å². The summed E-state index contributed by atoms with van der Waals surface area (Å²) >= 11 is 20.8. The van der Waals surface area contributed by atoms with Gasteiger partial charge in [-0.3, -0.25) is 14.9 Å². The maximum Gasteiger partial charge on any atom is 0.270 e. The lowest BCUT2D eigenvalue weighted by atomic mass is 10.1. The fourth-order valence-corrected chi connectivity index (χ4v) is 4.85. The molecule has 190 valence electrons. The topological polar surface area (TPSA) is 67.9 Å². The molecule has 1 saturated heterocycles. The molecule has 3 aromatic rings. The molecule has 0 radical (unpaired) electrons. The molecule has 0 spiro atoms. The third kappa shape index (κ3) is 5.96. The van der Waals surface area contributed by atoms with Crippen LogP contribution in [0.3, 0.4) is 0 Å². The number of carbonyl (C=O) groups is 2. The van der Waals surface area contributed by atoms with Crippen LogP contribution in [0.4, 0.5) is 10.1 Å². The van der Waals surface area contributed by atoms with Gasteiger partial charge in [-0.05, 0) is 83.1 Å². The summed E-state index contributed by atoms with van der Waals surface area (Å²) in [5.74, 6) is -1.33. The number of rotatable bonds is 7. The average Bonchev–Trinajstić information content (AvgIpc) is 2.83. The summed E-state index contributed by atoms with van der Waals surface area (Å²) in [6.45, 7) is 2.29. The van der Waals surface area contributed by atoms with Crippen molar-refractivity contribution in [2.24, 2.45) is 0 Å². The Labute approximate surface area is 236 Å². The second-order valence-corrected chi connectivity index (χ2v) is 9.78. The van der Waals surface area contributed by atoms with Crippen LogP contribution >= 0.6 is 51.3 Å². The van der Waals surface area contributed by atoms with Crippen LogP contribution in [0.25, 0.3) is 6.08 Å². The molecule has 37 heavy (non-hydrogen) atoms. The van der Waals surface area contributed by atoms with E-state index < -0.39 is 17.6 Å². The number of thiocarbonyl (C=S) groups is 1. The van der Waals surface area contributed by atoms with Crippen LogP contribution in [0.15, 0.2) is 64.6 Å². The second kappa shape index (κ2) is 11.6. The number of anilines is 1. The van der Waals surface area contributed by atoms with Gasteiger partial charge in [-0.15, -0.1) is 0 Å². The molecule has 0 bridgehead atoms. The van der Waals surface area contributed by atoms with E-state index in [-0.39, 0.29) is 23.0 Å². The van der Waals surface area contributed by atoms with E-state index in [1.807, 2.05) is 6.92 Å². The van der Waals surface area contributed by atoms with E-state index in [0.29, 0.717) is 38.2 Å². The first-order valence-corrected chi connectivity index (χ1v) is 12.8. The van der Waals surface area contributed by atoms with Gasteiger partial charge in [0.25, 0.3) is 11.8 Å². The Morgan fingerprint density at radius 1 is 1.11 bits per heavy atom. The molecule has 1 fully saturated rings. The highest BCUT2D eigenvalue weighted by Crippen LogP contribution is 2.39. The average molecular weight is 624 g/mol. The zero-order valence-corrected chi connectivity index (χ0v) is 23.1. The standard InChI is InChI=1S/C26H18BrCl2FN2O4S/c1-2-35-22-11-14(10-18(27)23(22)36-13-15-7-8-16(28)12-19(15)29)9-17-24(33)31-26(37)32(25(17)34)21-6-4-3-5-20(21)30/h3-12H,2,13H2,1H3,(H,31,33,37)/b17-9+. The Morgan fingerprint density at radius 3 is 2.57 bits per heavy atom. The van der Waals surface area contributed by atoms with Crippen molar-refractivity contribution in [3.63, 3.8) is 0 Å². The van der Waals surface area contributed by atoms with E-state index in [2.05, 4.69) is 21.2 Å². The van der Waals surface area contributed by atoms with Crippen LogP contribution in [-0.4, -0.2) is 23.5 Å². The molecule has 0 unspecified atom stereocenters. The number of ether oxygens (including phenoxy) is 2. The summed E-state index contributed by atoms with van der Waals surface area (Å²) in [5.41, 5.74) is 0.893. The maximum absolute atomic E-state index is 14.4. The van der Waals surface area contributed by atoms with Gasteiger partial charge < -0.3 is 9.47 Å². The Balaban J connectivity index is 1.67. The van der Waals surface area contributed by atoms with Crippen LogP contribution in [0.1, 0.15) is 18.1 Å². The minimum Gasteiger partial charge on any atom is -0.490 e. The highest BCUT2D eigenvalue weighted by molar-refractivity contribution is 9.10. The second-order valence-electron chi connectivity index (χ2n) is 7.70. The van der Waals surface area contributed by atoms with Crippen molar-refractivity contribution in [3.8, 4) is 11.5 Å². The third-order valence-corrected chi connectivity index (χ3v) is 6.69. The summed E-state index contributed by atoms with van der Waals surface area (Å²) in [6, 6.07) is 14.0. The lowest BCUT2D eigenvalue weighted by Gasteiger charge is -2.29. The molecule has 1 aliphatic rings. The highest BCUT2D eigenvalue weighted by atomic mass is 79.9. The number of amides is 2. The minimum absolute atomic E-state index is 0.0656. The number of para-hydroxylation sites is 1. The van der Waals surface area contributed by atoms with Gasteiger partial charge in [0.2, 0.25) is 0 Å². The molecule has 1 aliphatic heterocycles. The molecular formula is C26H18BrCl2FN2O4S. The molecule has 0 saturated carbocycles. The molecule has 1 N–H and O–H groups in total. The van der Waals surface area contributed by atoms with Crippen LogP contribution in [-0.2, 0) is 16.2 Å². The molecule has 0 atom stereocenters. The number of benzene rings is 3. The largest absolute Gasteiger partial charge is 0.490 e. The van der Waals surface area contributed by atoms with Crippen molar-refractivity contribution in [1.82, 2.24) is 5.32 Å². The van der Waals surface area contributed by atoms with Gasteiger partial charge in [0.1, 0.15) is 18.0 Å². The summed E-state index contributed by atoms with van der Waals surface area (Å²) < 4.78 is 26.7. The molecule has 1 heterocycles. The van der Waals surface area contributed by atoms with Gasteiger partial charge in [0.15, 0.2) is 16.6 Å². The Hall–Kier alpha value is -2.98. The van der Waals surface area contributed by atoms with Crippen molar-refractivity contribution < 1.29 is 23.5 Å². The first kappa shape index (κ1) is 27.1. The number of hydrogen-bond acceptors (Lipinski definition) is 5. The molecular weight excluding hydrogens is 606 g/mol. The zero-order valence-electron chi connectivity index (χ0n) is 19.2. The number of hydrogen-bond donors (Lipinski definition) is 1. The van der Waals surface area contributed by atoms with E-state index >= 15 is 0 Å². The smallest absolute Gasteiger partial charge is 0.270 e. The predicted molar refractivity (Wildman–Crippen MR) is 149 cm³/mol. The fraction of sp³-hybridized carbons (Fsp3) is 0.115. The molecule has 3 aromatic carbocycles. The SMILES string of the molecule is CCOc1cc(/C=C2\C(=O)NC(=S)N(c3ccccc3F)C2=O)cc(Br)c1OCc1ccc(Cl)cc1Cl. The number of nitrogens with zero attached hydrogens (tertiary/aromatic N) is 1. The van der Waals surface area contributed by atoms with Gasteiger partial charge in [-0.2, -0.15) is 0 Å². The zero-order chi connectivity index (χ0) is 26.7. The van der Waals surface area contributed by atoms with E-state index in [9.17, 15) is 14.0 Å². The molecule has 0 aromatic heterocycles. The van der Waals surface area contributed by atoms with Gasteiger partial charge in [-0.1, -0.05) is 41.4 Å². The molecule has 2 amide bonds. The molecule has 0 aliphatic carbocycles. The fourth-order valence-electron chi connectivity index (χ4n) is 3.54. The highest BCUT2D eigenvalue weighted by Gasteiger charge is 2.35. The van der Waals surface area contributed by atoms with E-state index in [1.165, 1.54) is 24.3 Å². The predicted octanol–water partition coefficient (Wildman–Crippen LogP) is 6.70. The monoisotopic (exact) mass is 622 g/mol. The van der Waals surface area contributed by atoms with E-state index in [0.717, 1.165) is 10.5 Å². The van der Waals surface area contributed by atoms with Crippen LogP contribution < -0.4 is 19.7 Å². The van der Waals surface area contributed by atoms with Gasteiger partial charge in [-0.25, -0.2) is 9.29 Å². The molecule has 11 heteroatoms. The van der Waals surface area contributed by atoms with Crippen molar-refractivity contribution in [1.29, 1.82) is 0 Å². The van der Waals surface area contributed by atoms with E-state index in [1.54, 1.807) is 36.4 Å². The number of nitrogens with one attached hydrogen (secondary N) is 1. The lowest BCUT2D eigenvalue weighted by molar-refractivity contribution is -0.122. The maximum atomic E-state index is 14.4.